The summed E-state index contributed by atoms with van der Waals surface area (Å²) < 4.78 is 2.30. The van der Waals surface area contributed by atoms with Crippen LogP contribution in [0.15, 0.2) is 12.5 Å². The summed E-state index contributed by atoms with van der Waals surface area (Å²) in [5.41, 5.74) is 1.38. The number of hydrogen-bond donors (Lipinski definition) is 1. The Bertz CT molecular complexity index is 399. The van der Waals surface area contributed by atoms with E-state index in [1.54, 1.807) is 0 Å². The molecule has 2 atom stereocenters. The fourth-order valence-corrected chi connectivity index (χ4v) is 3.33. The van der Waals surface area contributed by atoms with Crippen LogP contribution in [0.1, 0.15) is 51.8 Å². The third-order valence-corrected chi connectivity index (χ3v) is 4.43. The lowest BCUT2D eigenvalue weighted by atomic mass is 9.92. The summed E-state index contributed by atoms with van der Waals surface area (Å²) in [5.74, 6) is 0.673. The number of likely N-dealkylation sites (tertiary alicyclic amines) is 1. The van der Waals surface area contributed by atoms with Crippen LogP contribution >= 0.6 is 0 Å². The van der Waals surface area contributed by atoms with Crippen molar-refractivity contribution in [2.24, 2.45) is 5.92 Å². The van der Waals surface area contributed by atoms with Crippen molar-refractivity contribution in [3.8, 4) is 0 Å². The van der Waals surface area contributed by atoms with E-state index >= 15 is 0 Å². The van der Waals surface area contributed by atoms with Crippen LogP contribution in [0.2, 0.25) is 0 Å². The van der Waals surface area contributed by atoms with E-state index in [0.717, 1.165) is 13.1 Å². The molecule has 1 aromatic rings. The van der Waals surface area contributed by atoms with E-state index in [9.17, 15) is 0 Å². The number of hydrogen-bond acceptors (Lipinski definition) is 3. The second-order valence-electron chi connectivity index (χ2n) is 6.35. The van der Waals surface area contributed by atoms with Crippen LogP contribution in [-0.2, 0) is 6.54 Å². The molecule has 1 N–H and O–H groups in total. The summed E-state index contributed by atoms with van der Waals surface area (Å²) in [6, 6.07) is 1.05. The standard InChI is InChI=1S/C16H30N4/c1-5-20-12-17-11-15(20)16-14(10-18-13(2)3)8-6-7-9-19(16)4/h11-14,16,18H,5-10H2,1-4H3. The van der Waals surface area contributed by atoms with Gasteiger partial charge < -0.3 is 9.88 Å². The van der Waals surface area contributed by atoms with E-state index < -0.39 is 0 Å². The Kier molecular flexibility index (Phi) is 5.61. The van der Waals surface area contributed by atoms with Crippen LogP contribution in [0.3, 0.4) is 0 Å². The van der Waals surface area contributed by atoms with Crippen LogP contribution in [0.25, 0.3) is 0 Å². The largest absolute Gasteiger partial charge is 0.333 e. The van der Waals surface area contributed by atoms with E-state index in [1.807, 2.05) is 6.33 Å². The molecule has 1 aromatic heterocycles. The summed E-state index contributed by atoms with van der Waals surface area (Å²) in [7, 11) is 2.27. The van der Waals surface area contributed by atoms with E-state index in [4.69, 9.17) is 0 Å². The second kappa shape index (κ2) is 7.23. The van der Waals surface area contributed by atoms with Gasteiger partial charge in [-0.2, -0.15) is 0 Å². The number of nitrogens with one attached hydrogen (secondary N) is 1. The van der Waals surface area contributed by atoms with Crippen LogP contribution in [0, 0.1) is 5.92 Å². The number of nitrogens with zero attached hydrogens (tertiary/aromatic N) is 3. The number of aromatic nitrogens is 2. The van der Waals surface area contributed by atoms with Crippen molar-refractivity contribution in [1.29, 1.82) is 0 Å². The van der Waals surface area contributed by atoms with E-state index in [0.29, 0.717) is 18.0 Å². The van der Waals surface area contributed by atoms with Gasteiger partial charge in [0.15, 0.2) is 0 Å². The van der Waals surface area contributed by atoms with Crippen molar-refractivity contribution < 1.29 is 0 Å². The quantitative estimate of drug-likeness (QED) is 0.899. The topological polar surface area (TPSA) is 33.1 Å². The molecule has 0 radical (unpaired) electrons. The normalized spacial score (nSPS) is 25.1. The van der Waals surface area contributed by atoms with Gasteiger partial charge in [0.2, 0.25) is 0 Å². The second-order valence-corrected chi connectivity index (χ2v) is 6.35. The Hall–Kier alpha value is -0.870. The molecule has 4 nitrogen and oxygen atoms in total. The van der Waals surface area contributed by atoms with E-state index in [1.165, 1.54) is 31.5 Å². The maximum absolute atomic E-state index is 4.38. The molecule has 2 unspecified atom stereocenters. The zero-order valence-electron chi connectivity index (χ0n) is 13.5. The highest BCUT2D eigenvalue weighted by Crippen LogP contribution is 2.33. The molecule has 0 aromatic carbocycles. The van der Waals surface area contributed by atoms with Gasteiger partial charge in [0.1, 0.15) is 0 Å². The molecule has 1 aliphatic rings. The van der Waals surface area contributed by atoms with Gasteiger partial charge in [-0.05, 0) is 39.3 Å². The van der Waals surface area contributed by atoms with E-state index in [-0.39, 0.29) is 0 Å². The van der Waals surface area contributed by atoms with Gasteiger partial charge in [-0.1, -0.05) is 20.3 Å². The number of aryl methyl sites for hydroxylation is 1. The Balaban J connectivity index is 2.21. The summed E-state index contributed by atoms with van der Waals surface area (Å²) >= 11 is 0. The van der Waals surface area contributed by atoms with Crippen molar-refractivity contribution in [3.63, 3.8) is 0 Å². The molecule has 0 amide bonds. The molecule has 20 heavy (non-hydrogen) atoms. The van der Waals surface area contributed by atoms with Crippen molar-refractivity contribution in [2.75, 3.05) is 20.1 Å². The first-order chi connectivity index (χ1) is 9.63. The van der Waals surface area contributed by atoms with Crippen molar-refractivity contribution in [1.82, 2.24) is 19.8 Å². The van der Waals surface area contributed by atoms with Crippen molar-refractivity contribution in [2.45, 2.75) is 58.7 Å². The summed E-state index contributed by atoms with van der Waals surface area (Å²) in [6.45, 7) is 9.95. The Morgan fingerprint density at radius 2 is 2.20 bits per heavy atom. The molecule has 4 heteroatoms. The van der Waals surface area contributed by atoms with Gasteiger partial charge in [0.25, 0.3) is 0 Å². The van der Waals surface area contributed by atoms with Crippen molar-refractivity contribution in [3.05, 3.63) is 18.2 Å². The molecular weight excluding hydrogens is 248 g/mol. The predicted molar refractivity (Wildman–Crippen MR) is 83.8 cm³/mol. The molecule has 1 fully saturated rings. The minimum absolute atomic E-state index is 0.492. The summed E-state index contributed by atoms with van der Waals surface area (Å²) in [6.07, 6.45) is 8.00. The zero-order chi connectivity index (χ0) is 14.5. The molecule has 1 aliphatic heterocycles. The maximum Gasteiger partial charge on any atom is 0.0948 e. The lowest BCUT2D eigenvalue weighted by Crippen LogP contribution is -2.37. The van der Waals surface area contributed by atoms with Gasteiger partial charge >= 0.3 is 0 Å². The fraction of sp³-hybridized carbons (Fsp3) is 0.812. The van der Waals surface area contributed by atoms with Gasteiger partial charge in [0, 0.05) is 25.3 Å². The SMILES string of the molecule is CCn1cncc1C1C(CNC(C)C)CCCCN1C. The first kappa shape index (κ1) is 15.5. The number of imidazole rings is 1. The smallest absolute Gasteiger partial charge is 0.0948 e. The third-order valence-electron chi connectivity index (χ3n) is 4.43. The Morgan fingerprint density at radius 1 is 1.40 bits per heavy atom. The lowest BCUT2D eigenvalue weighted by Gasteiger charge is -2.33. The minimum Gasteiger partial charge on any atom is -0.333 e. The highest BCUT2D eigenvalue weighted by atomic mass is 15.2. The molecule has 0 bridgehead atoms. The fourth-order valence-electron chi connectivity index (χ4n) is 3.33. The molecular formula is C16H30N4. The van der Waals surface area contributed by atoms with Crippen LogP contribution in [0.5, 0.6) is 0 Å². The van der Waals surface area contributed by atoms with Gasteiger partial charge in [-0.25, -0.2) is 4.98 Å². The highest BCUT2D eigenvalue weighted by Gasteiger charge is 2.30. The zero-order valence-corrected chi connectivity index (χ0v) is 13.5. The molecule has 2 rings (SSSR count). The Labute approximate surface area is 123 Å². The molecule has 0 spiro atoms. The van der Waals surface area contributed by atoms with Gasteiger partial charge in [0.05, 0.1) is 18.1 Å². The number of rotatable bonds is 5. The summed E-state index contributed by atoms with van der Waals surface area (Å²) in [4.78, 5) is 6.91. The molecule has 114 valence electrons. The van der Waals surface area contributed by atoms with Crippen molar-refractivity contribution >= 4 is 0 Å². The van der Waals surface area contributed by atoms with Gasteiger partial charge in [-0.15, -0.1) is 0 Å². The summed E-state index contributed by atoms with van der Waals surface area (Å²) in [5, 5.41) is 3.64. The molecule has 2 heterocycles. The lowest BCUT2D eigenvalue weighted by molar-refractivity contribution is 0.178. The maximum atomic E-state index is 4.38. The third kappa shape index (κ3) is 3.61. The molecule has 0 saturated carbocycles. The molecule has 0 aliphatic carbocycles. The highest BCUT2D eigenvalue weighted by molar-refractivity contribution is 5.08. The first-order valence-corrected chi connectivity index (χ1v) is 8.07. The Morgan fingerprint density at radius 3 is 2.90 bits per heavy atom. The van der Waals surface area contributed by atoms with Crippen LogP contribution in [0.4, 0.5) is 0 Å². The van der Waals surface area contributed by atoms with Gasteiger partial charge in [-0.3, -0.25) is 4.90 Å². The van der Waals surface area contributed by atoms with Crippen LogP contribution in [-0.4, -0.2) is 40.6 Å². The average Bonchev–Trinajstić information content (AvgIpc) is 2.80. The predicted octanol–water partition coefficient (Wildman–Crippen LogP) is 2.67. The monoisotopic (exact) mass is 278 g/mol. The van der Waals surface area contributed by atoms with Crippen LogP contribution < -0.4 is 5.32 Å². The molecule has 1 saturated heterocycles. The minimum atomic E-state index is 0.492. The first-order valence-electron chi connectivity index (χ1n) is 8.07. The van der Waals surface area contributed by atoms with E-state index in [2.05, 4.69) is 53.8 Å². The average molecular weight is 278 g/mol.